The van der Waals surface area contributed by atoms with Crippen molar-refractivity contribution >= 4 is 16.9 Å². The number of aromatic nitrogens is 1. The third-order valence-corrected chi connectivity index (χ3v) is 3.83. The maximum Gasteiger partial charge on any atom is 0.190 e. The molecular weight excluding hydrogens is 323 g/mol. The Morgan fingerprint density at radius 3 is 2.84 bits per heavy atom. The summed E-state index contributed by atoms with van der Waals surface area (Å²) in [5.41, 5.74) is 1.98. The number of fused-ring (bicyclic) bond motifs is 1. The van der Waals surface area contributed by atoms with Gasteiger partial charge in [-0.15, -0.1) is 0 Å². The number of ether oxygens (including phenoxy) is 2. The molecule has 6 nitrogen and oxygen atoms in total. The predicted molar refractivity (Wildman–Crippen MR) is 98.6 cm³/mol. The van der Waals surface area contributed by atoms with Gasteiger partial charge in [-0.2, -0.15) is 0 Å². The maximum absolute atomic E-state index is 13.2. The fourth-order valence-corrected chi connectivity index (χ4v) is 2.53. The minimum Gasteiger partial charge on any atom is -0.382 e. The van der Waals surface area contributed by atoms with Gasteiger partial charge in [-0.25, -0.2) is 4.39 Å². The van der Waals surface area contributed by atoms with E-state index in [1.165, 1.54) is 12.1 Å². The molecule has 1 aromatic carbocycles. The molecule has 0 aliphatic carbocycles. The topological polar surface area (TPSA) is 70.7 Å². The average molecular weight is 350 g/mol. The van der Waals surface area contributed by atoms with Crippen LogP contribution >= 0.6 is 0 Å². The van der Waals surface area contributed by atoms with E-state index >= 15 is 0 Å². The minimum atomic E-state index is -0.227. The Hall–Kier alpha value is -2.12. The molecule has 0 amide bonds. The first kappa shape index (κ1) is 19.2. The summed E-state index contributed by atoms with van der Waals surface area (Å²) in [5, 5.41) is 7.60. The zero-order chi connectivity index (χ0) is 17.9. The molecule has 1 aromatic heterocycles. The molecule has 2 rings (SSSR count). The quantitative estimate of drug-likeness (QED) is 0.348. The fraction of sp³-hybridized carbons (Fsp3) is 0.500. The Morgan fingerprint density at radius 2 is 2.04 bits per heavy atom. The largest absolute Gasteiger partial charge is 0.382 e. The van der Waals surface area contributed by atoms with E-state index in [1.807, 2.05) is 12.3 Å². The van der Waals surface area contributed by atoms with Gasteiger partial charge in [-0.3, -0.25) is 4.99 Å². The van der Waals surface area contributed by atoms with Crippen molar-refractivity contribution in [3.05, 3.63) is 35.8 Å². The number of methoxy groups -OCH3 is 1. The van der Waals surface area contributed by atoms with E-state index in [1.54, 1.807) is 14.2 Å². The van der Waals surface area contributed by atoms with Crippen LogP contribution in [0.4, 0.5) is 4.39 Å². The molecule has 7 heteroatoms. The van der Waals surface area contributed by atoms with Crippen molar-refractivity contribution in [2.45, 2.75) is 12.8 Å². The Kier molecular flexibility index (Phi) is 8.21. The van der Waals surface area contributed by atoms with Crippen molar-refractivity contribution in [3.63, 3.8) is 0 Å². The van der Waals surface area contributed by atoms with E-state index in [9.17, 15) is 4.39 Å². The van der Waals surface area contributed by atoms with Crippen LogP contribution in [0, 0.1) is 5.82 Å². The van der Waals surface area contributed by atoms with Gasteiger partial charge in [0.1, 0.15) is 5.82 Å². The maximum atomic E-state index is 13.2. The second-order valence-electron chi connectivity index (χ2n) is 5.64. The average Bonchev–Trinajstić information content (AvgIpc) is 3.01. The Morgan fingerprint density at radius 1 is 1.20 bits per heavy atom. The lowest BCUT2D eigenvalue weighted by molar-refractivity contribution is 0.0698. The van der Waals surface area contributed by atoms with Crippen LogP contribution in [-0.2, 0) is 15.9 Å². The lowest BCUT2D eigenvalue weighted by atomic mass is 10.1. The van der Waals surface area contributed by atoms with Crippen molar-refractivity contribution in [2.24, 2.45) is 4.99 Å². The van der Waals surface area contributed by atoms with Gasteiger partial charge in [0.15, 0.2) is 5.96 Å². The standard InChI is InChI=1S/C18H27FN4O2/c1-20-18(21-7-3-9-25-11-10-24-2)22-8-6-14-13-23-17-12-15(19)4-5-16(14)17/h4-5,12-13,23H,3,6-11H2,1-2H3,(H2,20,21,22). The number of aliphatic imine (C=N–C) groups is 1. The van der Waals surface area contributed by atoms with Gasteiger partial charge in [0, 0.05) is 51.0 Å². The monoisotopic (exact) mass is 350 g/mol. The number of nitrogens with zero attached hydrogens (tertiary/aromatic N) is 1. The molecule has 0 aliphatic rings. The SMILES string of the molecule is CN=C(NCCCOCCOC)NCCc1c[nH]c2cc(F)ccc12. The van der Waals surface area contributed by atoms with Crippen LogP contribution in [-0.4, -0.2) is 58.0 Å². The molecule has 138 valence electrons. The molecular formula is C18H27FN4O2. The van der Waals surface area contributed by atoms with E-state index < -0.39 is 0 Å². The molecule has 2 aromatic rings. The normalized spacial score (nSPS) is 11.9. The van der Waals surface area contributed by atoms with Gasteiger partial charge in [0.2, 0.25) is 0 Å². The fourth-order valence-electron chi connectivity index (χ4n) is 2.53. The van der Waals surface area contributed by atoms with Gasteiger partial charge in [-0.05, 0) is 36.6 Å². The number of guanidine groups is 1. The number of aromatic amines is 1. The van der Waals surface area contributed by atoms with E-state index in [-0.39, 0.29) is 5.82 Å². The number of nitrogens with one attached hydrogen (secondary N) is 3. The highest BCUT2D eigenvalue weighted by Gasteiger charge is 2.05. The third kappa shape index (κ3) is 6.36. The van der Waals surface area contributed by atoms with Crippen LogP contribution in [0.2, 0.25) is 0 Å². The molecule has 0 fully saturated rings. The van der Waals surface area contributed by atoms with Crippen molar-refractivity contribution < 1.29 is 13.9 Å². The van der Waals surface area contributed by atoms with Crippen LogP contribution < -0.4 is 10.6 Å². The molecule has 0 bridgehead atoms. The van der Waals surface area contributed by atoms with Crippen LogP contribution in [0.5, 0.6) is 0 Å². The Bertz CT molecular complexity index is 672. The summed E-state index contributed by atoms with van der Waals surface area (Å²) in [4.78, 5) is 7.31. The van der Waals surface area contributed by atoms with Crippen molar-refractivity contribution in [3.8, 4) is 0 Å². The molecule has 0 spiro atoms. The number of hydrogen-bond donors (Lipinski definition) is 3. The van der Waals surface area contributed by atoms with E-state index in [0.717, 1.165) is 48.4 Å². The number of H-pyrrole nitrogens is 1. The highest BCUT2D eigenvalue weighted by molar-refractivity contribution is 5.83. The lowest BCUT2D eigenvalue weighted by Crippen LogP contribution is -2.39. The highest BCUT2D eigenvalue weighted by atomic mass is 19.1. The van der Waals surface area contributed by atoms with Gasteiger partial charge < -0.3 is 25.1 Å². The van der Waals surface area contributed by atoms with Gasteiger partial charge >= 0.3 is 0 Å². The summed E-state index contributed by atoms with van der Waals surface area (Å²) in [6.07, 6.45) is 3.66. The zero-order valence-corrected chi connectivity index (χ0v) is 14.9. The molecule has 3 N–H and O–H groups in total. The van der Waals surface area contributed by atoms with Crippen molar-refractivity contribution in [2.75, 3.05) is 47.1 Å². The number of benzene rings is 1. The summed E-state index contributed by atoms with van der Waals surface area (Å²) in [5.74, 6) is 0.539. The van der Waals surface area contributed by atoms with E-state index in [4.69, 9.17) is 9.47 Å². The predicted octanol–water partition coefficient (Wildman–Crippen LogP) is 2.07. The summed E-state index contributed by atoms with van der Waals surface area (Å²) >= 11 is 0. The second kappa shape index (κ2) is 10.7. The van der Waals surface area contributed by atoms with Crippen LogP contribution in [0.3, 0.4) is 0 Å². The molecule has 0 saturated carbocycles. The zero-order valence-electron chi connectivity index (χ0n) is 14.9. The first-order chi connectivity index (χ1) is 12.2. The summed E-state index contributed by atoms with van der Waals surface area (Å²) < 4.78 is 23.5. The lowest BCUT2D eigenvalue weighted by Gasteiger charge is -2.11. The Labute approximate surface area is 147 Å². The van der Waals surface area contributed by atoms with Gasteiger partial charge in [0.05, 0.1) is 13.2 Å². The Balaban J connectivity index is 1.67. The third-order valence-electron chi connectivity index (χ3n) is 3.83. The molecule has 0 radical (unpaired) electrons. The minimum absolute atomic E-state index is 0.227. The van der Waals surface area contributed by atoms with Gasteiger partial charge in [-0.1, -0.05) is 0 Å². The van der Waals surface area contributed by atoms with Crippen molar-refractivity contribution in [1.82, 2.24) is 15.6 Å². The number of hydrogen-bond acceptors (Lipinski definition) is 3. The number of halogens is 1. The highest BCUT2D eigenvalue weighted by Crippen LogP contribution is 2.19. The smallest absolute Gasteiger partial charge is 0.190 e. The second-order valence-corrected chi connectivity index (χ2v) is 5.64. The van der Waals surface area contributed by atoms with E-state index in [2.05, 4.69) is 20.6 Å². The molecule has 0 unspecified atom stereocenters. The first-order valence-electron chi connectivity index (χ1n) is 8.51. The molecule has 0 atom stereocenters. The van der Waals surface area contributed by atoms with Gasteiger partial charge in [0.25, 0.3) is 0 Å². The van der Waals surface area contributed by atoms with Crippen LogP contribution in [0.25, 0.3) is 10.9 Å². The first-order valence-corrected chi connectivity index (χ1v) is 8.51. The summed E-state index contributed by atoms with van der Waals surface area (Å²) in [6, 6.07) is 4.82. The molecule has 25 heavy (non-hydrogen) atoms. The molecule has 0 saturated heterocycles. The van der Waals surface area contributed by atoms with Crippen LogP contribution in [0.1, 0.15) is 12.0 Å². The number of rotatable bonds is 10. The van der Waals surface area contributed by atoms with E-state index in [0.29, 0.717) is 19.8 Å². The molecule has 0 aliphatic heterocycles. The van der Waals surface area contributed by atoms with Crippen molar-refractivity contribution in [1.29, 1.82) is 0 Å². The van der Waals surface area contributed by atoms with Crippen LogP contribution in [0.15, 0.2) is 29.4 Å². The summed E-state index contributed by atoms with van der Waals surface area (Å²) in [6.45, 7) is 3.47. The molecule has 1 heterocycles. The summed E-state index contributed by atoms with van der Waals surface area (Å²) in [7, 11) is 3.41.